The normalized spacial score (nSPS) is 25.7. The first-order valence-electron chi connectivity index (χ1n) is 44.7. The molecule has 0 spiro atoms. The summed E-state index contributed by atoms with van der Waals surface area (Å²) in [5, 5.41) is 137. The Labute approximate surface area is 664 Å². The highest BCUT2D eigenvalue weighted by Crippen LogP contribution is 2.39. The Hall–Kier alpha value is -2.79. The number of hydrogen-bond acceptors (Lipinski definition) is 20. The van der Waals surface area contributed by atoms with Crippen LogP contribution in [0, 0.1) is 0 Å². The molecule has 0 aromatic carbocycles. The molecule has 3 rings (SSSR count). The molecule has 23 nitrogen and oxygen atoms in total. The third-order valence-corrected chi connectivity index (χ3v) is 22.6. The second-order valence-corrected chi connectivity index (χ2v) is 32.5. The van der Waals surface area contributed by atoms with Crippen LogP contribution in [0.25, 0.3) is 0 Å². The third-order valence-electron chi connectivity index (χ3n) is 22.6. The summed E-state index contributed by atoms with van der Waals surface area (Å²) in [5.41, 5.74) is 0. The van der Waals surface area contributed by atoms with E-state index in [1.165, 1.54) is 283 Å². The Morgan fingerprint density at radius 3 is 1.24 bits per heavy atom. The Balaban J connectivity index is 1.46. The summed E-state index contributed by atoms with van der Waals surface area (Å²) in [5.74, 6) is -6.13. The molecule has 0 aromatic rings. The van der Waals surface area contributed by atoms with Crippen molar-refractivity contribution >= 4 is 17.8 Å². The zero-order chi connectivity index (χ0) is 80.3. The lowest BCUT2D eigenvalue weighted by molar-refractivity contribution is -0.386. The van der Waals surface area contributed by atoms with Gasteiger partial charge in [-0.2, -0.15) is 0 Å². The quantitative estimate of drug-likeness (QED) is 0.0199. The van der Waals surface area contributed by atoms with Gasteiger partial charge in [-0.1, -0.05) is 334 Å². The fourth-order valence-corrected chi connectivity index (χ4v) is 15.6. The number of amides is 2. The summed E-state index contributed by atoms with van der Waals surface area (Å²) in [4.78, 5) is 38.8. The van der Waals surface area contributed by atoms with E-state index in [-0.39, 0.29) is 12.3 Å². The molecule has 2 amide bonds. The molecule has 23 heteroatoms. The summed E-state index contributed by atoms with van der Waals surface area (Å²) in [7, 11) is 0. The summed E-state index contributed by atoms with van der Waals surface area (Å²) in [6, 6.07) is -2.62. The maximum absolute atomic E-state index is 13.6. The van der Waals surface area contributed by atoms with Crippen molar-refractivity contribution in [2.45, 2.75) is 484 Å². The zero-order valence-corrected chi connectivity index (χ0v) is 68.9. The monoisotopic (exact) mass is 1570 g/mol. The van der Waals surface area contributed by atoms with E-state index in [0.29, 0.717) is 12.8 Å². The van der Waals surface area contributed by atoms with E-state index in [2.05, 4.69) is 36.6 Å². The van der Waals surface area contributed by atoms with Gasteiger partial charge in [0.15, 0.2) is 12.6 Å². The molecule has 0 aromatic heterocycles. The molecule has 0 radical (unpaired) electrons. The minimum Gasteiger partial charge on any atom is -0.477 e. The number of carbonyl (C=O) groups is 3. The molecule has 3 aliphatic rings. The van der Waals surface area contributed by atoms with Crippen LogP contribution in [0.15, 0.2) is 24.3 Å². The lowest BCUT2D eigenvalue weighted by atomic mass is 9.88. The number of aliphatic hydroxyl groups excluding tert-OH is 11. The Kier molecular flexibility index (Phi) is 60.2. The van der Waals surface area contributed by atoms with Gasteiger partial charge >= 0.3 is 5.97 Å². The van der Waals surface area contributed by atoms with Gasteiger partial charge in [-0.25, -0.2) is 4.79 Å². The highest BCUT2D eigenvalue weighted by Gasteiger charge is 2.60. The molecule has 3 saturated heterocycles. The van der Waals surface area contributed by atoms with Crippen LogP contribution in [0.5, 0.6) is 0 Å². The lowest BCUT2D eigenvalue weighted by Gasteiger charge is -2.50. The Morgan fingerprint density at radius 2 is 0.855 bits per heavy atom. The molecule has 14 N–H and O–H groups in total. The van der Waals surface area contributed by atoms with Crippen molar-refractivity contribution in [1.29, 1.82) is 0 Å². The van der Waals surface area contributed by atoms with Crippen LogP contribution in [0.1, 0.15) is 374 Å². The number of allylic oxidation sites excluding steroid dienone is 3. The van der Waals surface area contributed by atoms with Crippen LogP contribution in [0.4, 0.5) is 0 Å². The average molecular weight is 1570 g/mol. The highest BCUT2D eigenvalue weighted by atomic mass is 16.8. The summed E-state index contributed by atoms with van der Waals surface area (Å²) >= 11 is 0. The van der Waals surface area contributed by atoms with Crippen LogP contribution in [0.3, 0.4) is 0 Å². The summed E-state index contributed by atoms with van der Waals surface area (Å²) < 4.78 is 35.0. The predicted molar refractivity (Wildman–Crippen MR) is 431 cm³/mol. The molecular weight excluding hydrogens is 1410 g/mol. The van der Waals surface area contributed by atoms with Crippen LogP contribution in [-0.4, -0.2) is 215 Å². The number of aliphatic carboxylic acids is 1. The minimum atomic E-state index is -3.08. The van der Waals surface area contributed by atoms with Crippen LogP contribution in [-0.2, 0) is 42.8 Å². The van der Waals surface area contributed by atoms with Crippen molar-refractivity contribution in [1.82, 2.24) is 10.6 Å². The molecule has 3 fully saturated rings. The van der Waals surface area contributed by atoms with Gasteiger partial charge in [0.25, 0.3) is 5.79 Å². The number of nitrogens with one attached hydrogen (secondary N) is 2. The van der Waals surface area contributed by atoms with E-state index >= 15 is 0 Å². The van der Waals surface area contributed by atoms with Crippen LogP contribution < -0.4 is 10.6 Å². The van der Waals surface area contributed by atoms with Gasteiger partial charge in [0.05, 0.1) is 50.7 Å². The van der Waals surface area contributed by atoms with Gasteiger partial charge in [-0.15, -0.1) is 0 Å². The number of hydrogen-bond donors (Lipinski definition) is 14. The number of unbranched alkanes of at least 4 members (excludes halogenated alkanes) is 50. The van der Waals surface area contributed by atoms with E-state index in [0.717, 1.165) is 51.9 Å². The van der Waals surface area contributed by atoms with Crippen molar-refractivity contribution in [3.63, 3.8) is 0 Å². The van der Waals surface area contributed by atoms with Gasteiger partial charge in [0.1, 0.15) is 67.1 Å². The molecule has 18 unspecified atom stereocenters. The first kappa shape index (κ1) is 101. The number of carbonyl (C=O) groups excluding carboxylic acids is 2. The maximum Gasteiger partial charge on any atom is 0.364 e. The van der Waals surface area contributed by atoms with Crippen molar-refractivity contribution in [2.24, 2.45) is 0 Å². The first-order valence-corrected chi connectivity index (χ1v) is 44.7. The second-order valence-electron chi connectivity index (χ2n) is 32.5. The van der Waals surface area contributed by atoms with Crippen molar-refractivity contribution in [3.8, 4) is 0 Å². The van der Waals surface area contributed by atoms with Crippen LogP contribution in [0.2, 0.25) is 0 Å². The first-order chi connectivity index (χ1) is 53.4. The molecule has 0 aliphatic carbocycles. The van der Waals surface area contributed by atoms with Gasteiger partial charge in [-0.05, 0) is 44.9 Å². The highest BCUT2D eigenvalue weighted by molar-refractivity contribution is 5.77. The molecule has 18 atom stereocenters. The van der Waals surface area contributed by atoms with E-state index < -0.39 is 155 Å². The summed E-state index contributed by atoms with van der Waals surface area (Å²) in [6.45, 7) is 2.21. The third kappa shape index (κ3) is 44.0. The minimum absolute atomic E-state index is 0.204. The zero-order valence-electron chi connectivity index (χ0n) is 68.9. The molecule has 110 heavy (non-hydrogen) atoms. The van der Waals surface area contributed by atoms with Gasteiger partial charge < -0.3 is 100 Å². The molecule has 0 saturated carbocycles. The molecule has 3 aliphatic heterocycles. The van der Waals surface area contributed by atoms with E-state index in [4.69, 9.17) is 28.4 Å². The van der Waals surface area contributed by atoms with Crippen molar-refractivity contribution in [3.05, 3.63) is 24.3 Å². The number of carboxylic acid groups (broad SMARTS) is 1. The molecule has 0 bridgehead atoms. The average Bonchev–Trinajstić information content (AvgIpc) is 0.760. The fraction of sp³-hybridized carbons (Fsp3) is 0.920. The van der Waals surface area contributed by atoms with E-state index in [1.807, 2.05) is 6.08 Å². The Morgan fingerprint density at radius 1 is 0.473 bits per heavy atom. The number of ether oxygens (including phenoxy) is 6. The smallest absolute Gasteiger partial charge is 0.364 e. The maximum atomic E-state index is 13.6. The molecular formula is C87H162N2O21. The van der Waals surface area contributed by atoms with Crippen LogP contribution >= 0.6 is 0 Å². The van der Waals surface area contributed by atoms with Crippen molar-refractivity contribution in [2.75, 3.05) is 26.4 Å². The summed E-state index contributed by atoms with van der Waals surface area (Å²) in [6.07, 6.45) is 46.5. The van der Waals surface area contributed by atoms with E-state index in [9.17, 15) is 75.7 Å². The number of carboxylic acids is 1. The number of aliphatic hydroxyl groups is 11. The largest absolute Gasteiger partial charge is 0.477 e. The molecule has 646 valence electrons. The predicted octanol–water partition coefficient (Wildman–Crippen LogP) is 13.9. The van der Waals surface area contributed by atoms with Gasteiger partial charge in [-0.3, -0.25) is 9.59 Å². The van der Waals surface area contributed by atoms with Gasteiger partial charge in [0.2, 0.25) is 11.8 Å². The molecule has 3 heterocycles. The SMILES string of the molecule is CCCCCCCCCCCCCC/C=C\CCCCCCCCCCCCCCCCCCCC(=O)NC(COC1OC(CO)C(OC2OC(CO)C(O)C(OC3(C(=O)O)CC(O)C(NC(C)=O)C(C(O)C(O)CO)O3)C2O)C(O)C1O)C(O)/C=C/CCCCCCCCCCCCCCCCCCCCCCC. The Bertz CT molecular complexity index is 2270. The second kappa shape index (κ2) is 65.3. The van der Waals surface area contributed by atoms with E-state index in [1.54, 1.807) is 6.08 Å². The standard InChI is InChI=1S/C87H162N2O21/c1-4-6-8-10-12-14-16-18-20-22-24-26-28-29-30-31-32-33-34-35-36-37-39-41-43-45-47-49-51-53-55-57-59-61-74(97)89-68(69(94)60-58-56-54-52-50-48-46-44-42-40-38-27-25-23-21-19-17-15-13-11-9-7-5-2)66-105-84-79(101)78(100)81(73(65-92)107-84)108-85-80(102)83(77(99)72(64-91)106-85)110-87(86(103)104)62-70(95)75(88-67(3)93)82(109-87)76(98)71(96)63-90/h29-30,58,60,68-73,75-85,90-92,94-96,98-102H,4-28,31-57,59,61-66H2,1-3H3,(H,88,93)(H,89,97)(H,103,104)/b30-29-,60-58+. The lowest BCUT2D eigenvalue weighted by Crippen LogP contribution is -2.70. The number of rotatable bonds is 72. The fourth-order valence-electron chi connectivity index (χ4n) is 15.6. The van der Waals surface area contributed by atoms with Crippen molar-refractivity contribution < 1.29 is 104 Å². The topological polar surface area (TPSA) is 373 Å². The van der Waals surface area contributed by atoms with Gasteiger partial charge in [0, 0.05) is 19.8 Å².